The average Bonchev–Trinajstić information content (AvgIpc) is 2.82. The third-order valence-corrected chi connectivity index (χ3v) is 4.23. The van der Waals surface area contributed by atoms with Crippen LogP contribution in [0.3, 0.4) is 0 Å². The van der Waals surface area contributed by atoms with Gasteiger partial charge in [0.25, 0.3) is 0 Å². The number of nitrogens with zero attached hydrogens (tertiary/aromatic N) is 2. The van der Waals surface area contributed by atoms with E-state index in [1.165, 1.54) is 23.5 Å². The van der Waals surface area contributed by atoms with Crippen molar-refractivity contribution in [3.8, 4) is 0 Å². The number of aliphatic hydroxyl groups excluding tert-OH is 1. The Kier molecular flexibility index (Phi) is 5.09. The SMILES string of the molecule is CCCc1nc(N(C)Cc2cccc(F)c2)sc1CO. The molecule has 0 aliphatic carbocycles. The number of anilines is 1. The number of halogens is 1. The molecule has 1 aromatic carbocycles. The van der Waals surface area contributed by atoms with Gasteiger partial charge in [-0.25, -0.2) is 9.37 Å². The first-order valence-corrected chi connectivity index (χ1v) is 7.50. The first kappa shape index (κ1) is 14.9. The Hall–Kier alpha value is -1.46. The fourth-order valence-electron chi connectivity index (χ4n) is 2.07. The normalized spacial score (nSPS) is 10.8. The first-order valence-electron chi connectivity index (χ1n) is 6.69. The molecule has 5 heteroatoms. The van der Waals surface area contributed by atoms with E-state index in [1.807, 2.05) is 18.0 Å². The van der Waals surface area contributed by atoms with Gasteiger partial charge in [-0.05, 0) is 24.1 Å². The summed E-state index contributed by atoms with van der Waals surface area (Å²) in [5.74, 6) is -0.224. The van der Waals surface area contributed by atoms with Crippen LogP contribution in [0.25, 0.3) is 0 Å². The molecule has 2 rings (SSSR count). The van der Waals surface area contributed by atoms with E-state index in [0.717, 1.165) is 34.1 Å². The Morgan fingerprint density at radius 1 is 1.40 bits per heavy atom. The standard InChI is InChI=1S/C15H19FN2OS/c1-3-5-13-14(10-19)20-15(17-13)18(2)9-11-6-4-7-12(16)8-11/h4,6-8,19H,3,5,9-10H2,1-2H3. The molecule has 0 saturated carbocycles. The quantitative estimate of drug-likeness (QED) is 0.887. The maximum Gasteiger partial charge on any atom is 0.185 e. The lowest BCUT2D eigenvalue weighted by Crippen LogP contribution is -2.16. The lowest BCUT2D eigenvalue weighted by atomic mass is 10.2. The van der Waals surface area contributed by atoms with Crippen LogP contribution < -0.4 is 4.90 Å². The zero-order chi connectivity index (χ0) is 14.5. The summed E-state index contributed by atoms with van der Waals surface area (Å²) in [5.41, 5.74) is 1.88. The molecule has 1 aromatic heterocycles. The number of aryl methyl sites for hydroxylation is 1. The lowest BCUT2D eigenvalue weighted by molar-refractivity contribution is 0.284. The molecule has 1 N–H and O–H groups in total. The molecule has 2 aromatic rings. The minimum Gasteiger partial charge on any atom is -0.391 e. The van der Waals surface area contributed by atoms with Crippen molar-refractivity contribution in [3.63, 3.8) is 0 Å². The fourth-order valence-corrected chi connectivity index (χ4v) is 2.99. The molecule has 0 spiro atoms. The highest BCUT2D eigenvalue weighted by Gasteiger charge is 2.13. The highest BCUT2D eigenvalue weighted by atomic mass is 32.1. The number of benzene rings is 1. The Morgan fingerprint density at radius 2 is 2.20 bits per heavy atom. The molecule has 108 valence electrons. The van der Waals surface area contributed by atoms with Crippen molar-refractivity contribution in [1.82, 2.24) is 4.98 Å². The first-order chi connectivity index (χ1) is 9.63. The maximum absolute atomic E-state index is 13.2. The summed E-state index contributed by atoms with van der Waals surface area (Å²) in [5, 5.41) is 10.2. The predicted molar refractivity (Wildman–Crippen MR) is 80.5 cm³/mol. The zero-order valence-electron chi connectivity index (χ0n) is 11.8. The van der Waals surface area contributed by atoms with E-state index in [2.05, 4.69) is 11.9 Å². The van der Waals surface area contributed by atoms with Crippen molar-refractivity contribution in [2.24, 2.45) is 0 Å². The van der Waals surface area contributed by atoms with Crippen LogP contribution in [0.2, 0.25) is 0 Å². The van der Waals surface area contributed by atoms with Gasteiger partial charge in [0.05, 0.1) is 17.2 Å². The molecule has 0 saturated heterocycles. The second-order valence-corrected chi connectivity index (χ2v) is 5.82. The molecule has 0 radical (unpaired) electrons. The third-order valence-electron chi connectivity index (χ3n) is 3.03. The van der Waals surface area contributed by atoms with Gasteiger partial charge in [-0.1, -0.05) is 36.8 Å². The highest BCUT2D eigenvalue weighted by molar-refractivity contribution is 7.15. The second kappa shape index (κ2) is 6.81. The number of rotatable bonds is 6. The Labute approximate surface area is 122 Å². The molecule has 0 atom stereocenters. The van der Waals surface area contributed by atoms with Crippen LogP contribution in [-0.2, 0) is 19.6 Å². The van der Waals surface area contributed by atoms with Crippen LogP contribution >= 0.6 is 11.3 Å². The van der Waals surface area contributed by atoms with Crippen molar-refractivity contribution in [1.29, 1.82) is 0 Å². The van der Waals surface area contributed by atoms with Crippen molar-refractivity contribution in [3.05, 3.63) is 46.2 Å². The fraction of sp³-hybridized carbons (Fsp3) is 0.400. The predicted octanol–water partition coefficient (Wildman–Crippen LogP) is 3.36. The van der Waals surface area contributed by atoms with Crippen molar-refractivity contribution in [2.45, 2.75) is 32.9 Å². The number of thiazole rings is 1. The smallest absolute Gasteiger partial charge is 0.185 e. The van der Waals surface area contributed by atoms with Crippen LogP contribution in [0.15, 0.2) is 24.3 Å². The van der Waals surface area contributed by atoms with Crippen LogP contribution in [0.4, 0.5) is 9.52 Å². The Bertz CT molecular complexity index is 571. The Balaban J connectivity index is 2.14. The minimum atomic E-state index is -0.224. The van der Waals surface area contributed by atoms with Crippen molar-refractivity contribution < 1.29 is 9.50 Å². The number of aromatic nitrogens is 1. The van der Waals surface area contributed by atoms with Gasteiger partial charge < -0.3 is 10.0 Å². The molecular weight excluding hydrogens is 275 g/mol. The lowest BCUT2D eigenvalue weighted by Gasteiger charge is -2.15. The number of hydrogen-bond donors (Lipinski definition) is 1. The monoisotopic (exact) mass is 294 g/mol. The van der Waals surface area contributed by atoms with Gasteiger partial charge in [0.2, 0.25) is 0 Å². The van der Waals surface area contributed by atoms with Crippen molar-refractivity contribution in [2.75, 3.05) is 11.9 Å². The Morgan fingerprint density at radius 3 is 2.85 bits per heavy atom. The number of aliphatic hydroxyl groups is 1. The molecule has 0 aliphatic rings. The second-order valence-electron chi connectivity index (χ2n) is 4.76. The van der Waals surface area contributed by atoms with Gasteiger partial charge in [-0.3, -0.25) is 0 Å². The molecule has 0 unspecified atom stereocenters. The zero-order valence-corrected chi connectivity index (χ0v) is 12.6. The average molecular weight is 294 g/mol. The van der Waals surface area contributed by atoms with E-state index < -0.39 is 0 Å². The number of hydrogen-bond acceptors (Lipinski definition) is 4. The molecule has 0 bridgehead atoms. The molecule has 0 amide bonds. The van der Waals surface area contributed by atoms with Gasteiger partial charge in [0.15, 0.2) is 5.13 Å². The summed E-state index contributed by atoms with van der Waals surface area (Å²) in [4.78, 5) is 7.49. The maximum atomic E-state index is 13.2. The van der Waals surface area contributed by atoms with E-state index in [0.29, 0.717) is 6.54 Å². The minimum absolute atomic E-state index is 0.0286. The van der Waals surface area contributed by atoms with E-state index >= 15 is 0 Å². The van der Waals surface area contributed by atoms with Gasteiger partial charge in [0, 0.05) is 13.6 Å². The molecule has 0 fully saturated rings. The van der Waals surface area contributed by atoms with Gasteiger partial charge in [-0.2, -0.15) is 0 Å². The molecular formula is C15H19FN2OS. The summed E-state index contributed by atoms with van der Waals surface area (Å²) < 4.78 is 13.2. The summed E-state index contributed by atoms with van der Waals surface area (Å²) >= 11 is 1.50. The highest BCUT2D eigenvalue weighted by Crippen LogP contribution is 2.27. The molecule has 1 heterocycles. The topological polar surface area (TPSA) is 36.4 Å². The largest absolute Gasteiger partial charge is 0.391 e. The summed E-state index contributed by atoms with van der Waals surface area (Å²) in [6, 6.07) is 6.58. The van der Waals surface area contributed by atoms with Gasteiger partial charge in [0.1, 0.15) is 5.82 Å². The molecule has 20 heavy (non-hydrogen) atoms. The van der Waals surface area contributed by atoms with Crippen LogP contribution in [0.1, 0.15) is 29.5 Å². The molecule has 3 nitrogen and oxygen atoms in total. The van der Waals surface area contributed by atoms with Gasteiger partial charge in [-0.15, -0.1) is 0 Å². The van der Waals surface area contributed by atoms with E-state index in [-0.39, 0.29) is 12.4 Å². The van der Waals surface area contributed by atoms with Crippen LogP contribution in [0, 0.1) is 5.82 Å². The van der Waals surface area contributed by atoms with Crippen LogP contribution in [0.5, 0.6) is 0 Å². The summed E-state index contributed by atoms with van der Waals surface area (Å²) in [6.45, 7) is 2.72. The van der Waals surface area contributed by atoms with E-state index in [1.54, 1.807) is 6.07 Å². The van der Waals surface area contributed by atoms with Crippen LogP contribution in [-0.4, -0.2) is 17.1 Å². The molecule has 0 aliphatic heterocycles. The third kappa shape index (κ3) is 3.55. The van der Waals surface area contributed by atoms with E-state index in [9.17, 15) is 9.50 Å². The van der Waals surface area contributed by atoms with Gasteiger partial charge >= 0.3 is 0 Å². The summed E-state index contributed by atoms with van der Waals surface area (Å²) in [6.07, 6.45) is 1.88. The van der Waals surface area contributed by atoms with E-state index in [4.69, 9.17) is 0 Å². The summed E-state index contributed by atoms with van der Waals surface area (Å²) in [7, 11) is 1.93. The van der Waals surface area contributed by atoms with Crippen molar-refractivity contribution >= 4 is 16.5 Å².